The first-order chi connectivity index (χ1) is 9.81. The molecule has 0 aliphatic carbocycles. The Morgan fingerprint density at radius 2 is 2.14 bits per heavy atom. The average molecular weight is 338 g/mol. The van der Waals surface area contributed by atoms with Gasteiger partial charge in [0, 0.05) is 23.3 Å². The lowest BCUT2D eigenvalue weighted by molar-refractivity contribution is 0.0864. The van der Waals surface area contributed by atoms with Crippen LogP contribution in [0.15, 0.2) is 4.90 Å². The summed E-state index contributed by atoms with van der Waals surface area (Å²) >= 11 is 0. The van der Waals surface area contributed by atoms with Gasteiger partial charge < -0.3 is 10.1 Å². The quantitative estimate of drug-likeness (QED) is 0.699. The molecule has 0 fully saturated rings. The van der Waals surface area contributed by atoms with Crippen molar-refractivity contribution in [2.45, 2.75) is 44.6 Å². The molecule has 0 aliphatic heterocycles. The maximum absolute atomic E-state index is 12.1. The number of aryl methyl sites for hydroxylation is 1. The first kappa shape index (κ1) is 17.9. The highest BCUT2D eigenvalue weighted by atomic mass is 35.7. The number of rotatable bonds is 8. The number of hydrogen-bond acceptors (Lipinski definition) is 5. The van der Waals surface area contributed by atoms with Gasteiger partial charge in [0.25, 0.3) is 15.0 Å². The summed E-state index contributed by atoms with van der Waals surface area (Å²) in [5.74, 6) is -0.597. The number of nitrogens with one attached hydrogen (secondary N) is 2. The molecular formula is C12H20ClN3O4S. The summed E-state index contributed by atoms with van der Waals surface area (Å²) in [7, 11) is 1.36. The van der Waals surface area contributed by atoms with Crippen LogP contribution in [0, 0.1) is 0 Å². The number of hydrogen-bond donors (Lipinski definition) is 2. The fourth-order valence-corrected chi connectivity index (χ4v) is 3.14. The molecule has 1 rings (SSSR count). The fraction of sp³-hybridized carbons (Fsp3) is 0.667. The minimum Gasteiger partial charge on any atom is -0.380 e. The third kappa shape index (κ3) is 4.98. The van der Waals surface area contributed by atoms with E-state index in [2.05, 4.69) is 15.5 Å². The molecule has 2 N–H and O–H groups in total. The van der Waals surface area contributed by atoms with Crippen molar-refractivity contribution in [3.8, 4) is 0 Å². The number of H-pyrrole nitrogens is 1. The van der Waals surface area contributed by atoms with Crippen LogP contribution >= 0.6 is 10.7 Å². The Kier molecular flexibility index (Phi) is 6.63. The molecule has 0 radical (unpaired) electrons. The van der Waals surface area contributed by atoms with Gasteiger partial charge in [-0.25, -0.2) is 8.42 Å². The molecule has 9 heteroatoms. The number of carbonyl (C=O) groups is 1. The summed E-state index contributed by atoms with van der Waals surface area (Å²) in [5.41, 5.74) is 0.131. The SMILES string of the molecule is CCCc1[nH]nc(C(=O)NC(C)COCC)c1S(=O)(=O)Cl. The van der Waals surface area contributed by atoms with Crippen LogP contribution in [0.25, 0.3) is 0 Å². The molecule has 0 saturated carbocycles. The van der Waals surface area contributed by atoms with Crippen molar-refractivity contribution in [2.24, 2.45) is 0 Å². The summed E-state index contributed by atoms with van der Waals surface area (Å²) in [6, 6.07) is -0.269. The summed E-state index contributed by atoms with van der Waals surface area (Å²) in [6.07, 6.45) is 1.14. The molecule has 0 bridgehead atoms. The zero-order valence-corrected chi connectivity index (χ0v) is 13.8. The zero-order chi connectivity index (χ0) is 16.0. The van der Waals surface area contributed by atoms with Crippen LogP contribution in [0.1, 0.15) is 43.4 Å². The second kappa shape index (κ2) is 7.77. The van der Waals surface area contributed by atoms with E-state index in [1.165, 1.54) is 0 Å². The van der Waals surface area contributed by atoms with Crippen LogP contribution in [-0.2, 0) is 20.2 Å². The molecule has 1 amide bonds. The molecular weight excluding hydrogens is 318 g/mol. The van der Waals surface area contributed by atoms with Crippen molar-refractivity contribution < 1.29 is 17.9 Å². The number of ether oxygens (including phenoxy) is 1. The Labute approximate surface area is 128 Å². The lowest BCUT2D eigenvalue weighted by Crippen LogP contribution is -2.36. The van der Waals surface area contributed by atoms with Crippen LogP contribution in [0.5, 0.6) is 0 Å². The summed E-state index contributed by atoms with van der Waals surface area (Å²) in [6.45, 7) is 6.34. The number of aromatic amines is 1. The van der Waals surface area contributed by atoms with E-state index in [0.29, 0.717) is 31.7 Å². The van der Waals surface area contributed by atoms with Gasteiger partial charge in [0.05, 0.1) is 12.3 Å². The van der Waals surface area contributed by atoms with Gasteiger partial charge in [-0.1, -0.05) is 13.3 Å². The molecule has 1 heterocycles. The van der Waals surface area contributed by atoms with Gasteiger partial charge >= 0.3 is 0 Å². The molecule has 7 nitrogen and oxygen atoms in total. The van der Waals surface area contributed by atoms with Crippen LogP contribution in [-0.4, -0.2) is 43.8 Å². The Morgan fingerprint density at radius 1 is 1.48 bits per heavy atom. The lowest BCUT2D eigenvalue weighted by atomic mass is 10.2. The third-order valence-electron chi connectivity index (χ3n) is 2.70. The molecule has 1 atom stereocenters. The standard InChI is InChI=1S/C12H20ClN3O4S/c1-4-6-9-11(21(13,18)19)10(16-15-9)12(17)14-8(3)7-20-5-2/h8H,4-7H2,1-3H3,(H,14,17)(H,15,16). The third-order valence-corrected chi connectivity index (χ3v) is 4.09. The van der Waals surface area contributed by atoms with Crippen LogP contribution in [0.2, 0.25) is 0 Å². The molecule has 0 aromatic carbocycles. The van der Waals surface area contributed by atoms with Crippen molar-refractivity contribution in [2.75, 3.05) is 13.2 Å². The van der Waals surface area contributed by atoms with E-state index < -0.39 is 15.0 Å². The second-order valence-corrected chi connectivity index (χ2v) is 7.10. The smallest absolute Gasteiger partial charge is 0.273 e. The Hall–Kier alpha value is -1.12. The van der Waals surface area contributed by atoms with E-state index in [4.69, 9.17) is 15.4 Å². The molecule has 21 heavy (non-hydrogen) atoms. The van der Waals surface area contributed by atoms with Gasteiger partial charge in [-0.15, -0.1) is 0 Å². The number of aromatic nitrogens is 2. The lowest BCUT2D eigenvalue weighted by Gasteiger charge is -2.12. The fourth-order valence-electron chi connectivity index (χ4n) is 1.83. The molecule has 0 aliphatic rings. The topological polar surface area (TPSA) is 101 Å². The molecule has 0 spiro atoms. The maximum atomic E-state index is 12.1. The van der Waals surface area contributed by atoms with Crippen molar-refractivity contribution in [1.29, 1.82) is 0 Å². The predicted molar refractivity (Wildman–Crippen MR) is 79.0 cm³/mol. The van der Waals surface area contributed by atoms with Gasteiger partial charge in [0.2, 0.25) is 0 Å². The van der Waals surface area contributed by atoms with Crippen LogP contribution in [0.4, 0.5) is 0 Å². The first-order valence-corrected chi connectivity index (χ1v) is 9.02. The monoisotopic (exact) mass is 337 g/mol. The van der Waals surface area contributed by atoms with Gasteiger partial charge in [-0.3, -0.25) is 9.89 Å². The first-order valence-electron chi connectivity index (χ1n) is 6.71. The second-order valence-electron chi connectivity index (χ2n) is 4.60. The summed E-state index contributed by atoms with van der Waals surface area (Å²) < 4.78 is 28.5. The van der Waals surface area contributed by atoms with Crippen molar-refractivity contribution in [3.05, 3.63) is 11.4 Å². The maximum Gasteiger partial charge on any atom is 0.273 e. The summed E-state index contributed by atoms with van der Waals surface area (Å²) in [5, 5.41) is 9.00. The van der Waals surface area contributed by atoms with Gasteiger partial charge in [-0.05, 0) is 20.3 Å². The predicted octanol–water partition coefficient (Wildman–Crippen LogP) is 1.44. The van der Waals surface area contributed by atoms with Gasteiger partial charge in [0.15, 0.2) is 5.69 Å². The largest absolute Gasteiger partial charge is 0.380 e. The van der Waals surface area contributed by atoms with Crippen molar-refractivity contribution in [3.63, 3.8) is 0 Å². The normalized spacial score (nSPS) is 13.1. The van der Waals surface area contributed by atoms with E-state index in [9.17, 15) is 13.2 Å². The van der Waals surface area contributed by atoms with Crippen molar-refractivity contribution >= 4 is 25.6 Å². The van der Waals surface area contributed by atoms with E-state index in [-0.39, 0.29) is 16.6 Å². The van der Waals surface area contributed by atoms with Crippen LogP contribution < -0.4 is 5.32 Å². The molecule has 120 valence electrons. The number of carbonyl (C=O) groups excluding carboxylic acids is 1. The molecule has 1 aromatic heterocycles. The highest BCUT2D eigenvalue weighted by Gasteiger charge is 2.28. The molecule has 1 unspecified atom stereocenters. The number of nitrogens with zero attached hydrogens (tertiary/aromatic N) is 1. The highest BCUT2D eigenvalue weighted by molar-refractivity contribution is 8.13. The minimum absolute atomic E-state index is 0.211. The number of amides is 1. The zero-order valence-electron chi connectivity index (χ0n) is 12.3. The van der Waals surface area contributed by atoms with E-state index in [1.807, 2.05) is 13.8 Å². The highest BCUT2D eigenvalue weighted by Crippen LogP contribution is 2.23. The van der Waals surface area contributed by atoms with Crippen molar-refractivity contribution in [1.82, 2.24) is 15.5 Å². The average Bonchev–Trinajstić information content (AvgIpc) is 2.80. The van der Waals surface area contributed by atoms with Crippen LogP contribution in [0.3, 0.4) is 0 Å². The molecule has 1 aromatic rings. The Balaban J connectivity index is 2.99. The Bertz CT molecular complexity index is 585. The number of halogens is 1. The Morgan fingerprint density at radius 3 is 2.67 bits per heavy atom. The van der Waals surface area contributed by atoms with E-state index in [1.54, 1.807) is 6.92 Å². The minimum atomic E-state index is -4.05. The molecule has 0 saturated heterocycles. The van der Waals surface area contributed by atoms with Gasteiger partial charge in [0.1, 0.15) is 4.90 Å². The van der Waals surface area contributed by atoms with E-state index in [0.717, 1.165) is 0 Å². The summed E-state index contributed by atoms with van der Waals surface area (Å²) in [4.78, 5) is 11.9. The van der Waals surface area contributed by atoms with Gasteiger partial charge in [-0.2, -0.15) is 5.10 Å². The van der Waals surface area contributed by atoms with E-state index >= 15 is 0 Å².